The Balaban J connectivity index is 1.55. The van der Waals surface area contributed by atoms with E-state index in [1.165, 1.54) is 17.9 Å². The van der Waals surface area contributed by atoms with Gasteiger partial charge in [-0.2, -0.15) is 5.10 Å². The minimum Gasteiger partial charge on any atom is -0.497 e. The van der Waals surface area contributed by atoms with Crippen molar-refractivity contribution in [3.05, 3.63) is 71.0 Å². The maximum Gasteiger partial charge on any atom is 0.266 e. The summed E-state index contributed by atoms with van der Waals surface area (Å²) < 4.78 is 17.1. The highest BCUT2D eigenvalue weighted by Gasteiger charge is 2.08. The molecule has 0 atom stereocenters. The van der Waals surface area contributed by atoms with Crippen LogP contribution in [0.3, 0.4) is 0 Å². The van der Waals surface area contributed by atoms with E-state index in [1.807, 2.05) is 30.3 Å². The zero-order valence-electron chi connectivity index (χ0n) is 16.8. The lowest BCUT2D eigenvalue weighted by atomic mass is 10.1. The number of carbonyl (C=O) groups excluding carboxylic acids is 1. The first-order valence-corrected chi connectivity index (χ1v) is 9.36. The third-order valence-corrected chi connectivity index (χ3v) is 4.33. The van der Waals surface area contributed by atoms with Gasteiger partial charge in [0.2, 0.25) is 0 Å². The predicted molar refractivity (Wildman–Crippen MR) is 112 cm³/mol. The lowest BCUT2D eigenvalue weighted by Crippen LogP contribution is -2.34. The Hall–Kier alpha value is -3.81. The van der Waals surface area contributed by atoms with Gasteiger partial charge in [-0.15, -0.1) is 0 Å². The van der Waals surface area contributed by atoms with E-state index >= 15 is 0 Å². The van der Waals surface area contributed by atoms with Crippen LogP contribution in [0, 0.1) is 0 Å². The molecule has 0 unspecified atom stereocenters. The average Bonchev–Trinajstić information content (AvgIpc) is 2.79. The third-order valence-electron chi connectivity index (χ3n) is 4.33. The molecule has 8 nitrogen and oxygen atoms in total. The van der Waals surface area contributed by atoms with Crippen molar-refractivity contribution in [1.29, 1.82) is 0 Å². The molecule has 0 saturated heterocycles. The van der Waals surface area contributed by atoms with E-state index in [0.29, 0.717) is 17.2 Å². The fourth-order valence-corrected chi connectivity index (χ4v) is 2.76. The SMILES string of the molecule is COc1ccc(-c2ccc(=O)n(CCNC(=O)COc3ccccc3OC)n2)cc1. The van der Waals surface area contributed by atoms with Crippen LogP contribution in [0.25, 0.3) is 11.3 Å². The first-order valence-electron chi connectivity index (χ1n) is 9.36. The van der Waals surface area contributed by atoms with Gasteiger partial charge in [-0.05, 0) is 42.5 Å². The van der Waals surface area contributed by atoms with Gasteiger partial charge in [0.15, 0.2) is 18.1 Å². The van der Waals surface area contributed by atoms with Crippen molar-refractivity contribution >= 4 is 5.91 Å². The number of amides is 1. The van der Waals surface area contributed by atoms with Crippen LogP contribution in [0.5, 0.6) is 17.2 Å². The van der Waals surface area contributed by atoms with Crippen LogP contribution in [0.1, 0.15) is 0 Å². The molecule has 0 bridgehead atoms. The number of ether oxygens (including phenoxy) is 3. The molecule has 0 radical (unpaired) electrons. The Morgan fingerprint density at radius 1 is 0.967 bits per heavy atom. The highest BCUT2D eigenvalue weighted by molar-refractivity contribution is 5.77. The second-order valence-corrected chi connectivity index (χ2v) is 6.30. The lowest BCUT2D eigenvalue weighted by molar-refractivity contribution is -0.123. The summed E-state index contributed by atoms with van der Waals surface area (Å²) in [5.41, 5.74) is 1.27. The molecule has 0 aliphatic rings. The molecule has 0 saturated carbocycles. The van der Waals surface area contributed by atoms with Gasteiger partial charge < -0.3 is 19.5 Å². The Bertz CT molecular complexity index is 1050. The van der Waals surface area contributed by atoms with Gasteiger partial charge in [0.1, 0.15) is 5.75 Å². The number of methoxy groups -OCH3 is 2. The van der Waals surface area contributed by atoms with E-state index in [9.17, 15) is 9.59 Å². The molecular formula is C22H23N3O5. The third kappa shape index (κ3) is 5.38. The largest absolute Gasteiger partial charge is 0.497 e. The molecule has 3 rings (SSSR count). The lowest BCUT2D eigenvalue weighted by Gasteiger charge is -2.11. The maximum atomic E-state index is 12.1. The minimum absolute atomic E-state index is 0.158. The van der Waals surface area contributed by atoms with E-state index in [-0.39, 0.29) is 31.2 Å². The van der Waals surface area contributed by atoms with Crippen LogP contribution in [0.4, 0.5) is 0 Å². The number of hydrogen-bond acceptors (Lipinski definition) is 6. The quantitative estimate of drug-likeness (QED) is 0.582. The Morgan fingerprint density at radius 2 is 1.70 bits per heavy atom. The number of nitrogens with zero attached hydrogens (tertiary/aromatic N) is 2. The summed E-state index contributed by atoms with van der Waals surface area (Å²) in [6.45, 7) is 0.324. The van der Waals surface area contributed by atoms with Crippen molar-refractivity contribution in [2.75, 3.05) is 27.4 Å². The number of rotatable bonds is 9. The van der Waals surface area contributed by atoms with Crippen LogP contribution in [0.15, 0.2) is 65.5 Å². The van der Waals surface area contributed by atoms with Gasteiger partial charge in [0.05, 0.1) is 26.5 Å². The highest BCUT2D eigenvalue weighted by Crippen LogP contribution is 2.25. The number of nitrogens with one attached hydrogen (secondary N) is 1. The second kappa shape index (κ2) is 10.1. The summed E-state index contributed by atoms with van der Waals surface area (Å²) in [6, 6.07) is 17.6. The van der Waals surface area contributed by atoms with E-state index in [1.54, 1.807) is 31.4 Å². The second-order valence-electron chi connectivity index (χ2n) is 6.30. The minimum atomic E-state index is -0.305. The fraction of sp³-hybridized carbons (Fsp3) is 0.227. The number of hydrogen-bond donors (Lipinski definition) is 1. The summed E-state index contributed by atoms with van der Waals surface area (Å²) in [7, 11) is 3.14. The fourth-order valence-electron chi connectivity index (χ4n) is 2.76. The van der Waals surface area contributed by atoms with Crippen LogP contribution in [-0.4, -0.2) is 43.1 Å². The molecule has 0 aliphatic carbocycles. The van der Waals surface area contributed by atoms with Crippen LogP contribution < -0.4 is 25.1 Å². The van der Waals surface area contributed by atoms with Crippen molar-refractivity contribution in [3.63, 3.8) is 0 Å². The summed E-state index contributed by atoms with van der Waals surface area (Å²) in [5.74, 6) is 1.47. The zero-order chi connectivity index (χ0) is 21.3. The monoisotopic (exact) mass is 409 g/mol. The molecule has 1 heterocycles. The topological polar surface area (TPSA) is 91.7 Å². The summed E-state index contributed by atoms with van der Waals surface area (Å²) >= 11 is 0. The van der Waals surface area contributed by atoms with Crippen molar-refractivity contribution in [1.82, 2.24) is 15.1 Å². The van der Waals surface area contributed by atoms with Gasteiger partial charge in [0, 0.05) is 18.2 Å². The Morgan fingerprint density at radius 3 is 2.40 bits per heavy atom. The molecule has 0 fully saturated rings. The molecule has 1 aromatic heterocycles. The molecular weight excluding hydrogens is 386 g/mol. The Labute approximate surface area is 174 Å². The molecule has 156 valence electrons. The molecule has 8 heteroatoms. The molecule has 1 amide bonds. The first-order chi connectivity index (χ1) is 14.6. The number of benzene rings is 2. The standard InChI is InChI=1S/C22H23N3O5/c1-28-17-9-7-16(8-10-17)18-11-12-22(27)25(24-18)14-13-23-21(26)15-30-20-6-4-3-5-19(20)29-2/h3-12H,13-15H2,1-2H3,(H,23,26). The molecule has 30 heavy (non-hydrogen) atoms. The van der Waals surface area contributed by atoms with Crippen LogP contribution in [-0.2, 0) is 11.3 Å². The number of aromatic nitrogens is 2. The first kappa shape index (κ1) is 20.9. The molecule has 0 aliphatic heterocycles. The van der Waals surface area contributed by atoms with E-state index < -0.39 is 0 Å². The van der Waals surface area contributed by atoms with Gasteiger partial charge in [0.25, 0.3) is 11.5 Å². The number of para-hydroxylation sites is 2. The van der Waals surface area contributed by atoms with Crippen molar-refractivity contribution in [2.45, 2.75) is 6.54 Å². The summed E-state index contributed by atoms with van der Waals surface area (Å²) in [4.78, 5) is 24.1. The van der Waals surface area contributed by atoms with Crippen molar-refractivity contribution in [3.8, 4) is 28.5 Å². The van der Waals surface area contributed by atoms with E-state index in [2.05, 4.69) is 10.4 Å². The summed E-state index contributed by atoms with van der Waals surface area (Å²) in [5, 5.41) is 7.09. The van der Waals surface area contributed by atoms with Gasteiger partial charge >= 0.3 is 0 Å². The Kier molecular flexibility index (Phi) is 7.05. The zero-order valence-corrected chi connectivity index (χ0v) is 16.8. The molecule has 1 N–H and O–H groups in total. The molecule has 2 aromatic carbocycles. The average molecular weight is 409 g/mol. The van der Waals surface area contributed by atoms with E-state index in [0.717, 1.165) is 11.3 Å². The summed E-state index contributed by atoms with van der Waals surface area (Å²) in [6.07, 6.45) is 0. The highest BCUT2D eigenvalue weighted by atomic mass is 16.5. The smallest absolute Gasteiger partial charge is 0.266 e. The van der Waals surface area contributed by atoms with E-state index in [4.69, 9.17) is 14.2 Å². The molecule has 0 spiro atoms. The predicted octanol–water partition coefficient (Wildman–Crippen LogP) is 2.12. The normalized spacial score (nSPS) is 10.3. The molecule has 3 aromatic rings. The van der Waals surface area contributed by atoms with Crippen LogP contribution >= 0.6 is 0 Å². The van der Waals surface area contributed by atoms with Gasteiger partial charge in [-0.3, -0.25) is 9.59 Å². The number of carbonyl (C=O) groups is 1. The van der Waals surface area contributed by atoms with Crippen molar-refractivity contribution < 1.29 is 19.0 Å². The van der Waals surface area contributed by atoms with Gasteiger partial charge in [-0.25, -0.2) is 4.68 Å². The van der Waals surface area contributed by atoms with Gasteiger partial charge in [-0.1, -0.05) is 12.1 Å². The van der Waals surface area contributed by atoms with Crippen molar-refractivity contribution in [2.24, 2.45) is 0 Å². The van der Waals surface area contributed by atoms with Crippen LogP contribution in [0.2, 0.25) is 0 Å². The maximum absolute atomic E-state index is 12.1.